The van der Waals surface area contributed by atoms with Gasteiger partial charge in [-0.15, -0.1) is 11.3 Å². The van der Waals surface area contributed by atoms with E-state index in [1.165, 1.54) is 34.4 Å². The first kappa shape index (κ1) is 31.8. The van der Waals surface area contributed by atoms with Crippen molar-refractivity contribution < 1.29 is 36.0 Å². The molecule has 2 atom stereocenters. The first-order valence-electron chi connectivity index (χ1n) is 13.1. The number of nitrogens with one attached hydrogen (secondary N) is 3. The lowest BCUT2D eigenvalue weighted by Gasteiger charge is -2.34. The van der Waals surface area contributed by atoms with E-state index in [9.17, 15) is 36.0 Å². The van der Waals surface area contributed by atoms with E-state index in [0.717, 1.165) is 17.5 Å². The molecule has 0 radical (unpaired) electrons. The Kier molecular flexibility index (Phi) is 10.2. The maximum Gasteiger partial charge on any atom is 0.416 e. The zero-order chi connectivity index (χ0) is 30.5. The van der Waals surface area contributed by atoms with E-state index in [0.29, 0.717) is 48.0 Å². The number of anilines is 1. The third-order valence-electron chi connectivity index (χ3n) is 6.81. The summed E-state index contributed by atoms with van der Waals surface area (Å²) in [6.45, 7) is 0.529. The van der Waals surface area contributed by atoms with Crippen molar-refractivity contribution in [2.24, 2.45) is 0 Å². The zero-order valence-electron chi connectivity index (χ0n) is 22.2. The van der Waals surface area contributed by atoms with Crippen molar-refractivity contribution in [3.8, 4) is 0 Å². The number of nitrogens with zero attached hydrogens (tertiary/aromatic N) is 2. The number of hydrogen-bond acceptors (Lipinski definition) is 6. The van der Waals surface area contributed by atoms with E-state index in [-0.39, 0.29) is 30.7 Å². The predicted molar refractivity (Wildman–Crippen MR) is 153 cm³/mol. The highest BCUT2D eigenvalue weighted by molar-refractivity contribution is 7.92. The number of benzene rings is 1. The van der Waals surface area contributed by atoms with E-state index in [4.69, 9.17) is 11.6 Å². The lowest BCUT2D eigenvalue weighted by atomic mass is 10.1. The number of carbonyl (C=O) groups excluding carboxylic acids is 3. The van der Waals surface area contributed by atoms with Crippen molar-refractivity contribution in [1.82, 2.24) is 19.8 Å². The second-order valence-corrected chi connectivity index (χ2v) is 13.2. The minimum Gasteiger partial charge on any atom is -0.336 e. The smallest absolute Gasteiger partial charge is 0.336 e. The molecule has 2 aliphatic rings. The van der Waals surface area contributed by atoms with Crippen LogP contribution in [-0.4, -0.2) is 74.3 Å². The third kappa shape index (κ3) is 8.69. The van der Waals surface area contributed by atoms with Gasteiger partial charge in [0.05, 0.1) is 16.4 Å². The van der Waals surface area contributed by atoms with Crippen LogP contribution in [0.25, 0.3) is 6.08 Å². The van der Waals surface area contributed by atoms with Crippen molar-refractivity contribution in [3.05, 3.63) is 56.6 Å². The van der Waals surface area contributed by atoms with Gasteiger partial charge in [0.25, 0.3) is 0 Å². The first-order valence-corrected chi connectivity index (χ1v) is 15.8. The van der Waals surface area contributed by atoms with Crippen LogP contribution in [0.1, 0.15) is 36.1 Å². The highest BCUT2D eigenvalue weighted by atomic mass is 35.5. The van der Waals surface area contributed by atoms with Gasteiger partial charge in [-0.3, -0.25) is 9.59 Å². The van der Waals surface area contributed by atoms with Crippen molar-refractivity contribution in [1.29, 1.82) is 0 Å². The topological polar surface area (TPSA) is 128 Å². The number of carbonyl (C=O) groups is 3. The number of hydrogen-bond donors (Lipinski definition) is 3. The number of piperidine rings is 1. The molecule has 10 nitrogen and oxygen atoms in total. The summed E-state index contributed by atoms with van der Waals surface area (Å²) in [5.74, 6) is -0.844. The molecule has 1 unspecified atom stereocenters. The van der Waals surface area contributed by atoms with Crippen molar-refractivity contribution in [3.63, 3.8) is 0 Å². The van der Waals surface area contributed by atoms with Gasteiger partial charge in [-0.1, -0.05) is 17.7 Å². The van der Waals surface area contributed by atoms with Gasteiger partial charge in [0.1, 0.15) is 6.04 Å². The number of halogens is 4. The van der Waals surface area contributed by atoms with Gasteiger partial charge >= 0.3 is 12.2 Å². The Balaban J connectivity index is 1.28. The van der Waals surface area contributed by atoms with Gasteiger partial charge in [-0.2, -0.15) is 17.9 Å². The molecule has 2 aromatic rings. The summed E-state index contributed by atoms with van der Waals surface area (Å²) in [5, 5.41) is 5.92. The van der Waals surface area contributed by atoms with E-state index < -0.39 is 39.7 Å². The molecule has 3 N–H and O–H groups in total. The molecule has 4 amide bonds. The summed E-state index contributed by atoms with van der Waals surface area (Å²) in [5.41, 5.74) is -0.919. The highest BCUT2D eigenvalue weighted by Gasteiger charge is 2.35. The molecule has 228 valence electrons. The zero-order valence-corrected chi connectivity index (χ0v) is 24.6. The Morgan fingerprint density at radius 1 is 1.12 bits per heavy atom. The number of likely N-dealkylation sites (tertiary alicyclic amines) is 2. The van der Waals surface area contributed by atoms with Crippen molar-refractivity contribution in [2.75, 3.05) is 31.5 Å². The molecule has 2 saturated heterocycles. The Morgan fingerprint density at radius 3 is 2.60 bits per heavy atom. The number of thiophene rings is 1. The molecule has 16 heteroatoms. The van der Waals surface area contributed by atoms with Gasteiger partial charge < -0.3 is 20.4 Å². The number of urea groups is 1. The molecule has 0 bridgehead atoms. The molecular formula is C26H29ClF3N5O5S2. The third-order valence-corrected chi connectivity index (χ3v) is 9.12. The standard InChI is InChI=1S/C26H29ClF3N5O5S2/c27-22-9-8-20(41-22)10-13-42(39,40)33-21-7-3-11-34(24(21)37)16-23(36)35-12-2-6-19(35)15-31-25(38)32-18-5-1-4-17(14-18)26(28,29)30/h1,4-5,8-10,13-14,19,21,33H,2-3,6-7,11-12,15-16H2,(H2,31,32,38)/b13-10+/t19?,21-/m0/s1. The first-order chi connectivity index (χ1) is 19.8. The van der Waals surface area contributed by atoms with E-state index >= 15 is 0 Å². The van der Waals surface area contributed by atoms with Crippen LogP contribution in [-0.2, 0) is 25.8 Å². The largest absolute Gasteiger partial charge is 0.416 e. The quantitative estimate of drug-likeness (QED) is 0.378. The van der Waals surface area contributed by atoms with Crippen LogP contribution in [0.5, 0.6) is 0 Å². The number of sulfonamides is 1. The lowest BCUT2D eigenvalue weighted by molar-refractivity contribution is -0.143. The monoisotopic (exact) mass is 647 g/mol. The van der Waals surface area contributed by atoms with Gasteiger partial charge in [0, 0.05) is 41.6 Å². The average Bonchev–Trinajstić information content (AvgIpc) is 3.57. The summed E-state index contributed by atoms with van der Waals surface area (Å²) in [6, 6.07) is 5.46. The molecule has 2 fully saturated rings. The lowest BCUT2D eigenvalue weighted by Crippen LogP contribution is -2.55. The number of amides is 4. The van der Waals surface area contributed by atoms with Crippen LogP contribution in [0, 0.1) is 0 Å². The van der Waals surface area contributed by atoms with Gasteiger partial charge in [-0.25, -0.2) is 13.2 Å². The summed E-state index contributed by atoms with van der Waals surface area (Å²) in [7, 11) is -3.94. The maximum absolute atomic E-state index is 13.1. The fraction of sp³-hybridized carbons (Fsp3) is 0.423. The Labute approximate surface area is 249 Å². The van der Waals surface area contributed by atoms with Gasteiger partial charge in [-0.05, 0) is 62.1 Å². The highest BCUT2D eigenvalue weighted by Crippen LogP contribution is 2.30. The molecule has 3 heterocycles. The van der Waals surface area contributed by atoms with E-state index in [1.54, 1.807) is 17.0 Å². The molecule has 1 aromatic heterocycles. The van der Waals surface area contributed by atoms with Gasteiger partial charge in [0.15, 0.2) is 0 Å². The molecule has 1 aromatic carbocycles. The number of alkyl halides is 3. The van der Waals surface area contributed by atoms with E-state index in [2.05, 4.69) is 15.4 Å². The fourth-order valence-corrected chi connectivity index (χ4v) is 6.88. The fourth-order valence-electron chi connectivity index (χ4n) is 4.81. The summed E-state index contributed by atoms with van der Waals surface area (Å²) in [6.07, 6.45) is -1.11. The van der Waals surface area contributed by atoms with Crippen LogP contribution in [0.3, 0.4) is 0 Å². The maximum atomic E-state index is 13.1. The second kappa shape index (κ2) is 13.4. The minimum absolute atomic E-state index is 0.0260. The molecule has 42 heavy (non-hydrogen) atoms. The normalized spacial score (nSPS) is 19.9. The van der Waals surface area contributed by atoms with Crippen molar-refractivity contribution in [2.45, 2.75) is 43.9 Å². The van der Waals surface area contributed by atoms with E-state index in [1.807, 2.05) is 0 Å². The predicted octanol–water partition coefficient (Wildman–Crippen LogP) is 4.11. The molecule has 0 aliphatic carbocycles. The Bertz CT molecular complexity index is 1450. The molecule has 4 rings (SSSR count). The summed E-state index contributed by atoms with van der Waals surface area (Å²) in [4.78, 5) is 42.0. The Morgan fingerprint density at radius 2 is 1.88 bits per heavy atom. The summed E-state index contributed by atoms with van der Waals surface area (Å²) >= 11 is 7.07. The Hall–Kier alpha value is -3.14. The van der Waals surface area contributed by atoms with Crippen LogP contribution < -0.4 is 15.4 Å². The van der Waals surface area contributed by atoms with Gasteiger partial charge in [0.2, 0.25) is 21.8 Å². The SMILES string of the molecule is O=C(NCC1CCCN1C(=O)CN1CCC[C@H](NS(=O)(=O)/C=C/c2ccc(Cl)s2)C1=O)Nc1cccc(C(F)(F)F)c1. The van der Waals surface area contributed by atoms with Crippen molar-refractivity contribution >= 4 is 62.6 Å². The van der Waals surface area contributed by atoms with Crippen LogP contribution in [0.4, 0.5) is 23.7 Å². The van der Waals surface area contributed by atoms with Crippen LogP contribution in [0.15, 0.2) is 41.8 Å². The summed E-state index contributed by atoms with van der Waals surface area (Å²) < 4.78 is 66.8. The minimum atomic E-state index is -4.55. The average molecular weight is 648 g/mol. The number of rotatable bonds is 9. The van der Waals surface area contributed by atoms with Crippen LogP contribution in [0.2, 0.25) is 4.34 Å². The second-order valence-electron chi connectivity index (χ2n) is 9.86. The van der Waals surface area contributed by atoms with Crippen LogP contribution >= 0.6 is 22.9 Å². The molecule has 2 aliphatic heterocycles. The molecular weight excluding hydrogens is 619 g/mol. The molecule has 0 spiro atoms. The molecule has 0 saturated carbocycles.